The third kappa shape index (κ3) is 3.48. The van der Waals surface area contributed by atoms with Gasteiger partial charge < -0.3 is 4.90 Å². The van der Waals surface area contributed by atoms with Crippen molar-refractivity contribution in [1.29, 1.82) is 0 Å². The summed E-state index contributed by atoms with van der Waals surface area (Å²) in [6.07, 6.45) is 5.28. The first-order chi connectivity index (χ1) is 14.7. The van der Waals surface area contributed by atoms with Crippen LogP contribution in [0.25, 0.3) is 10.2 Å². The number of thiophene rings is 1. The average molecular weight is 440 g/mol. The lowest BCUT2D eigenvalue weighted by atomic mass is 9.97. The summed E-state index contributed by atoms with van der Waals surface area (Å²) in [6, 6.07) is 8.33. The zero-order valence-electron chi connectivity index (χ0n) is 17.1. The van der Waals surface area contributed by atoms with E-state index in [2.05, 4.69) is 18.2 Å². The molecule has 1 aliphatic carbocycles. The fourth-order valence-corrected chi connectivity index (χ4v) is 6.80. The molecule has 0 radical (unpaired) electrons. The lowest BCUT2D eigenvalue weighted by Crippen LogP contribution is -2.37. The van der Waals surface area contributed by atoms with Crippen molar-refractivity contribution in [2.75, 3.05) is 12.3 Å². The van der Waals surface area contributed by atoms with Crippen LogP contribution in [0.5, 0.6) is 0 Å². The second-order valence-corrected chi connectivity index (χ2v) is 9.98. The number of amides is 1. The van der Waals surface area contributed by atoms with E-state index in [4.69, 9.17) is 4.98 Å². The largest absolute Gasteiger partial charge is 0.337 e. The Labute approximate surface area is 184 Å². The van der Waals surface area contributed by atoms with E-state index < -0.39 is 0 Å². The van der Waals surface area contributed by atoms with Crippen molar-refractivity contribution in [1.82, 2.24) is 14.5 Å². The Hall–Kier alpha value is -2.12. The second-order valence-electron chi connectivity index (χ2n) is 7.96. The SMILES string of the molecule is CCn1c(SCC(=O)N2CCc3ccccc3C2)nc2sc3c(c2c1=O)CCCC3. The van der Waals surface area contributed by atoms with Gasteiger partial charge in [0.25, 0.3) is 5.56 Å². The normalized spacial score (nSPS) is 15.8. The van der Waals surface area contributed by atoms with Crippen molar-refractivity contribution in [2.24, 2.45) is 0 Å². The Morgan fingerprint density at radius 3 is 2.80 bits per heavy atom. The molecule has 1 amide bonds. The summed E-state index contributed by atoms with van der Waals surface area (Å²) in [6.45, 7) is 3.96. The van der Waals surface area contributed by atoms with Gasteiger partial charge in [0.1, 0.15) is 4.83 Å². The predicted molar refractivity (Wildman–Crippen MR) is 122 cm³/mol. The summed E-state index contributed by atoms with van der Waals surface area (Å²) in [5.74, 6) is 0.419. The number of rotatable bonds is 4. The molecule has 5 nitrogen and oxygen atoms in total. The van der Waals surface area contributed by atoms with Crippen LogP contribution in [0.15, 0.2) is 34.2 Å². The molecule has 30 heavy (non-hydrogen) atoms. The molecular formula is C23H25N3O2S2. The molecule has 5 rings (SSSR count). The quantitative estimate of drug-likeness (QED) is 0.455. The van der Waals surface area contributed by atoms with E-state index in [0.717, 1.165) is 42.4 Å². The van der Waals surface area contributed by atoms with Crippen molar-refractivity contribution < 1.29 is 4.79 Å². The lowest BCUT2D eigenvalue weighted by molar-refractivity contribution is -0.129. The first kappa shape index (κ1) is 19.8. The number of fused-ring (bicyclic) bond motifs is 4. The van der Waals surface area contributed by atoms with E-state index in [1.165, 1.54) is 39.8 Å². The molecule has 0 fully saturated rings. The van der Waals surface area contributed by atoms with Crippen LogP contribution in [-0.2, 0) is 37.1 Å². The highest BCUT2D eigenvalue weighted by molar-refractivity contribution is 7.99. The van der Waals surface area contributed by atoms with E-state index in [-0.39, 0.29) is 11.5 Å². The smallest absolute Gasteiger partial charge is 0.263 e. The number of hydrogen-bond donors (Lipinski definition) is 0. The third-order valence-electron chi connectivity index (χ3n) is 6.16. The highest BCUT2D eigenvalue weighted by Crippen LogP contribution is 2.34. The molecule has 1 aromatic carbocycles. The van der Waals surface area contributed by atoms with E-state index in [0.29, 0.717) is 24.0 Å². The number of hydrogen-bond acceptors (Lipinski definition) is 5. The molecule has 156 valence electrons. The minimum absolute atomic E-state index is 0.0590. The van der Waals surface area contributed by atoms with Gasteiger partial charge in [-0.3, -0.25) is 14.2 Å². The van der Waals surface area contributed by atoms with Gasteiger partial charge in [-0.1, -0.05) is 36.0 Å². The molecule has 0 N–H and O–H groups in total. The van der Waals surface area contributed by atoms with Crippen molar-refractivity contribution in [2.45, 2.75) is 57.3 Å². The molecule has 0 unspecified atom stereocenters. The van der Waals surface area contributed by atoms with Gasteiger partial charge in [-0.15, -0.1) is 11.3 Å². The second kappa shape index (κ2) is 8.19. The van der Waals surface area contributed by atoms with Crippen molar-refractivity contribution >= 4 is 39.2 Å². The minimum atomic E-state index is 0.0590. The fourth-order valence-electron chi connectivity index (χ4n) is 4.54. The number of nitrogens with zero attached hydrogens (tertiary/aromatic N) is 3. The number of carbonyl (C=O) groups is 1. The van der Waals surface area contributed by atoms with Crippen molar-refractivity contribution in [3.05, 3.63) is 56.2 Å². The van der Waals surface area contributed by atoms with Crippen LogP contribution in [0, 0.1) is 0 Å². The van der Waals surface area contributed by atoms with Gasteiger partial charge in [-0.2, -0.15) is 0 Å². The van der Waals surface area contributed by atoms with E-state index in [1.54, 1.807) is 15.9 Å². The van der Waals surface area contributed by atoms with Gasteiger partial charge >= 0.3 is 0 Å². The summed E-state index contributed by atoms with van der Waals surface area (Å²) >= 11 is 3.07. The molecule has 0 spiro atoms. The topological polar surface area (TPSA) is 55.2 Å². The van der Waals surface area contributed by atoms with Crippen LogP contribution in [0.1, 0.15) is 41.3 Å². The van der Waals surface area contributed by atoms with Gasteiger partial charge in [0, 0.05) is 24.5 Å². The summed E-state index contributed by atoms with van der Waals surface area (Å²) in [5, 5.41) is 1.49. The van der Waals surface area contributed by atoms with Gasteiger partial charge in [0.15, 0.2) is 5.16 Å². The Kier molecular flexibility index (Phi) is 5.41. The van der Waals surface area contributed by atoms with Gasteiger partial charge in [-0.05, 0) is 55.7 Å². The number of aryl methyl sites for hydroxylation is 2. The monoisotopic (exact) mass is 439 g/mol. The third-order valence-corrected chi connectivity index (χ3v) is 8.31. The molecular weight excluding hydrogens is 414 g/mol. The lowest BCUT2D eigenvalue weighted by Gasteiger charge is -2.28. The number of benzene rings is 1. The number of aromatic nitrogens is 2. The maximum absolute atomic E-state index is 13.2. The average Bonchev–Trinajstić information content (AvgIpc) is 3.15. The molecule has 0 atom stereocenters. The Bertz CT molecular complexity index is 1180. The maximum Gasteiger partial charge on any atom is 0.263 e. The van der Waals surface area contributed by atoms with Crippen molar-refractivity contribution in [3.8, 4) is 0 Å². The summed E-state index contributed by atoms with van der Waals surface area (Å²) in [4.78, 5) is 35.0. The summed E-state index contributed by atoms with van der Waals surface area (Å²) in [5.41, 5.74) is 3.85. The predicted octanol–water partition coefficient (Wildman–Crippen LogP) is 4.03. The molecule has 3 aromatic rings. The minimum Gasteiger partial charge on any atom is -0.337 e. The van der Waals surface area contributed by atoms with Crippen LogP contribution in [0.2, 0.25) is 0 Å². The molecule has 0 saturated carbocycles. The zero-order chi connectivity index (χ0) is 20.7. The molecule has 0 saturated heterocycles. The van der Waals surface area contributed by atoms with Crippen LogP contribution in [0.4, 0.5) is 0 Å². The van der Waals surface area contributed by atoms with Crippen LogP contribution in [0.3, 0.4) is 0 Å². The Balaban J connectivity index is 1.38. The highest BCUT2D eigenvalue weighted by atomic mass is 32.2. The Morgan fingerprint density at radius 2 is 1.97 bits per heavy atom. The first-order valence-electron chi connectivity index (χ1n) is 10.7. The summed E-state index contributed by atoms with van der Waals surface area (Å²) in [7, 11) is 0. The van der Waals surface area contributed by atoms with Gasteiger partial charge in [-0.25, -0.2) is 4.98 Å². The molecule has 1 aliphatic heterocycles. The first-order valence-corrected chi connectivity index (χ1v) is 12.5. The summed E-state index contributed by atoms with van der Waals surface area (Å²) < 4.78 is 1.74. The maximum atomic E-state index is 13.2. The number of carbonyl (C=O) groups excluding carboxylic acids is 1. The number of thioether (sulfide) groups is 1. The van der Waals surface area contributed by atoms with Crippen molar-refractivity contribution in [3.63, 3.8) is 0 Å². The van der Waals surface area contributed by atoms with Crippen LogP contribution < -0.4 is 5.56 Å². The zero-order valence-corrected chi connectivity index (χ0v) is 18.8. The molecule has 2 aliphatic rings. The molecule has 7 heteroatoms. The molecule has 2 aromatic heterocycles. The highest BCUT2D eigenvalue weighted by Gasteiger charge is 2.24. The molecule has 0 bridgehead atoms. The molecule has 3 heterocycles. The van der Waals surface area contributed by atoms with Crippen LogP contribution in [-0.4, -0.2) is 32.7 Å². The van der Waals surface area contributed by atoms with Gasteiger partial charge in [0.2, 0.25) is 5.91 Å². The fraction of sp³-hybridized carbons (Fsp3) is 0.435. The van der Waals surface area contributed by atoms with E-state index >= 15 is 0 Å². The standard InChI is InChI=1S/C23H25N3O2S2/c1-2-26-22(28)20-17-9-5-6-10-18(17)30-21(20)24-23(26)29-14-19(27)25-12-11-15-7-3-4-8-16(15)13-25/h3-4,7-8H,2,5-6,9-14H2,1H3. The van der Waals surface area contributed by atoms with E-state index in [1.807, 2.05) is 17.9 Å². The van der Waals surface area contributed by atoms with Gasteiger partial charge in [0.05, 0.1) is 11.1 Å². The van der Waals surface area contributed by atoms with Crippen LogP contribution >= 0.6 is 23.1 Å². The Morgan fingerprint density at radius 1 is 1.17 bits per heavy atom. The van der Waals surface area contributed by atoms with E-state index in [9.17, 15) is 9.59 Å².